The molecule has 3 aliphatic rings. The first kappa shape index (κ1) is 22.4. The average molecular weight is 448 g/mol. The van der Waals surface area contributed by atoms with E-state index in [4.69, 9.17) is 0 Å². The van der Waals surface area contributed by atoms with E-state index in [1.54, 1.807) is 0 Å². The molecule has 0 spiro atoms. The fourth-order valence-corrected chi connectivity index (χ4v) is 5.79. The smallest absolute Gasteiger partial charge is 0.254 e. The van der Waals surface area contributed by atoms with Gasteiger partial charge in [0.1, 0.15) is 0 Å². The average Bonchev–Trinajstić information content (AvgIpc) is 2.85. The van der Waals surface area contributed by atoms with E-state index in [9.17, 15) is 9.90 Å². The Morgan fingerprint density at radius 1 is 0.939 bits per heavy atom. The van der Waals surface area contributed by atoms with Crippen molar-refractivity contribution in [1.29, 1.82) is 0 Å². The molecule has 5 rings (SSSR count). The molecule has 2 N–H and O–H groups in total. The fraction of sp³-hybridized carbons (Fsp3) is 0.536. The Morgan fingerprint density at radius 2 is 1.73 bits per heavy atom. The van der Waals surface area contributed by atoms with Crippen LogP contribution < -0.4 is 5.32 Å². The number of aliphatic hydroxyl groups excluding tert-OH is 1. The summed E-state index contributed by atoms with van der Waals surface area (Å²) in [4.78, 5) is 17.2. The van der Waals surface area contributed by atoms with Gasteiger partial charge in [0.25, 0.3) is 5.91 Å². The Balaban J connectivity index is 1.14. The third-order valence-electron chi connectivity index (χ3n) is 7.70. The van der Waals surface area contributed by atoms with Gasteiger partial charge in [0.2, 0.25) is 0 Å². The number of β-amino-alcohol motifs (C(OH)–C–C–N with tert-alkyl or cyclic N) is 1. The maximum atomic E-state index is 13.1. The number of carbonyl (C=O) groups excluding carboxylic acids is 1. The molecule has 1 saturated carbocycles. The largest absolute Gasteiger partial charge is 0.390 e. The minimum atomic E-state index is -0.530. The Kier molecular flexibility index (Phi) is 6.98. The highest BCUT2D eigenvalue weighted by Crippen LogP contribution is 2.26. The number of hydrogen-bond acceptors (Lipinski definition) is 4. The number of benzene rings is 2. The van der Waals surface area contributed by atoms with Gasteiger partial charge in [-0.25, -0.2) is 0 Å². The summed E-state index contributed by atoms with van der Waals surface area (Å²) in [5.41, 5.74) is 5.83. The van der Waals surface area contributed by atoms with Crippen LogP contribution in [0.25, 0.3) is 0 Å². The molecule has 0 aromatic heterocycles. The summed E-state index contributed by atoms with van der Waals surface area (Å²) in [6.07, 6.45) is 8.11. The summed E-state index contributed by atoms with van der Waals surface area (Å²) in [7, 11) is 0. The van der Waals surface area contributed by atoms with Crippen LogP contribution in [-0.4, -0.2) is 59.6 Å². The van der Waals surface area contributed by atoms with Crippen LogP contribution in [-0.2, 0) is 19.4 Å². The second-order valence-corrected chi connectivity index (χ2v) is 10.2. The molecule has 5 heteroatoms. The zero-order valence-electron chi connectivity index (χ0n) is 19.6. The number of nitrogens with zero attached hydrogens (tertiary/aromatic N) is 2. The van der Waals surface area contributed by atoms with Crippen LogP contribution in [0.4, 0.5) is 5.69 Å². The predicted molar refractivity (Wildman–Crippen MR) is 133 cm³/mol. The molecule has 1 amide bonds. The fourth-order valence-electron chi connectivity index (χ4n) is 5.79. The highest BCUT2D eigenvalue weighted by molar-refractivity contribution is 5.97. The molecule has 0 radical (unpaired) electrons. The van der Waals surface area contributed by atoms with Gasteiger partial charge in [-0.1, -0.05) is 43.5 Å². The van der Waals surface area contributed by atoms with Gasteiger partial charge >= 0.3 is 0 Å². The second-order valence-electron chi connectivity index (χ2n) is 10.2. The van der Waals surface area contributed by atoms with Gasteiger partial charge in [0, 0.05) is 50.5 Å². The first-order valence-corrected chi connectivity index (χ1v) is 12.8. The Hall–Kier alpha value is -2.37. The lowest BCUT2D eigenvalue weighted by atomic mass is 9.89. The van der Waals surface area contributed by atoms with E-state index >= 15 is 0 Å². The van der Waals surface area contributed by atoms with Gasteiger partial charge in [-0.3, -0.25) is 9.69 Å². The lowest BCUT2D eigenvalue weighted by molar-refractivity contribution is 0.0493. The number of fused-ring (bicyclic) bond motifs is 2. The molecule has 2 aromatic carbocycles. The van der Waals surface area contributed by atoms with E-state index in [2.05, 4.69) is 40.5 Å². The van der Waals surface area contributed by atoms with Gasteiger partial charge < -0.3 is 15.3 Å². The molecule has 1 aliphatic carbocycles. The first-order valence-electron chi connectivity index (χ1n) is 12.8. The minimum absolute atomic E-state index is 0.0538. The van der Waals surface area contributed by atoms with Crippen molar-refractivity contribution in [2.75, 3.05) is 38.0 Å². The number of hydrogen-bond donors (Lipinski definition) is 2. The Morgan fingerprint density at radius 3 is 2.58 bits per heavy atom. The summed E-state index contributed by atoms with van der Waals surface area (Å²) < 4.78 is 0. The molecule has 2 aromatic rings. The molecule has 2 aliphatic heterocycles. The van der Waals surface area contributed by atoms with Crippen molar-refractivity contribution in [1.82, 2.24) is 9.80 Å². The monoisotopic (exact) mass is 447 g/mol. The van der Waals surface area contributed by atoms with Gasteiger partial charge in [0.05, 0.1) is 6.10 Å². The number of carbonyl (C=O) groups is 1. The van der Waals surface area contributed by atoms with Crippen LogP contribution in [0.5, 0.6) is 0 Å². The zero-order chi connectivity index (χ0) is 22.6. The van der Waals surface area contributed by atoms with Crippen LogP contribution >= 0.6 is 0 Å². The maximum Gasteiger partial charge on any atom is 0.254 e. The third-order valence-corrected chi connectivity index (χ3v) is 7.70. The van der Waals surface area contributed by atoms with Crippen molar-refractivity contribution >= 4 is 11.6 Å². The summed E-state index contributed by atoms with van der Waals surface area (Å²) in [5, 5.41) is 14.4. The van der Waals surface area contributed by atoms with E-state index in [-0.39, 0.29) is 5.91 Å². The zero-order valence-corrected chi connectivity index (χ0v) is 19.6. The number of anilines is 1. The van der Waals surface area contributed by atoms with Gasteiger partial charge in [0.15, 0.2) is 0 Å². The third kappa shape index (κ3) is 5.42. The molecule has 33 heavy (non-hydrogen) atoms. The maximum absolute atomic E-state index is 13.1. The van der Waals surface area contributed by atoms with Gasteiger partial charge in [-0.05, 0) is 66.5 Å². The van der Waals surface area contributed by atoms with Crippen molar-refractivity contribution in [2.45, 2.75) is 57.6 Å². The highest BCUT2D eigenvalue weighted by Gasteiger charge is 2.27. The molecule has 0 bridgehead atoms. The van der Waals surface area contributed by atoms with E-state index in [1.165, 1.54) is 43.2 Å². The van der Waals surface area contributed by atoms with Crippen LogP contribution in [0.15, 0.2) is 42.5 Å². The van der Waals surface area contributed by atoms with Gasteiger partial charge in [-0.2, -0.15) is 0 Å². The minimum Gasteiger partial charge on any atom is -0.390 e. The Bertz CT molecular complexity index is 969. The van der Waals surface area contributed by atoms with E-state index in [0.29, 0.717) is 19.6 Å². The predicted octanol–water partition coefficient (Wildman–Crippen LogP) is 4.10. The SMILES string of the molecule is O=C1c2ccc(NCC3CCCCC3)cc2CCN1C[C@H](O)CN1CCc2ccccc2C1. The second kappa shape index (κ2) is 10.3. The molecule has 0 saturated heterocycles. The van der Waals surface area contributed by atoms with Crippen LogP contribution in [0.1, 0.15) is 59.2 Å². The lowest BCUT2D eigenvalue weighted by Crippen LogP contribution is -2.46. The molecular weight excluding hydrogens is 410 g/mol. The Labute approximate surface area is 197 Å². The normalized spacial score (nSPS) is 20.3. The molecule has 5 nitrogen and oxygen atoms in total. The molecule has 1 atom stereocenters. The molecular formula is C28H37N3O2. The molecule has 1 fully saturated rings. The van der Waals surface area contributed by atoms with Crippen molar-refractivity contribution in [3.8, 4) is 0 Å². The highest BCUT2D eigenvalue weighted by atomic mass is 16.3. The summed E-state index contributed by atoms with van der Waals surface area (Å²) in [6.45, 7) is 4.55. The molecule has 0 unspecified atom stereocenters. The summed E-state index contributed by atoms with van der Waals surface area (Å²) in [5.74, 6) is 0.833. The summed E-state index contributed by atoms with van der Waals surface area (Å²) in [6, 6.07) is 14.7. The topological polar surface area (TPSA) is 55.8 Å². The van der Waals surface area contributed by atoms with Crippen LogP contribution in [0, 0.1) is 5.92 Å². The number of nitrogens with one attached hydrogen (secondary N) is 1. The van der Waals surface area contributed by atoms with E-state index < -0.39 is 6.10 Å². The van der Waals surface area contributed by atoms with Crippen molar-refractivity contribution < 1.29 is 9.90 Å². The number of rotatable bonds is 7. The molecule has 2 heterocycles. The quantitative estimate of drug-likeness (QED) is 0.671. The van der Waals surface area contributed by atoms with Crippen molar-refractivity contribution in [2.24, 2.45) is 5.92 Å². The number of amides is 1. The van der Waals surface area contributed by atoms with E-state index in [0.717, 1.165) is 55.2 Å². The van der Waals surface area contributed by atoms with Gasteiger partial charge in [-0.15, -0.1) is 0 Å². The summed E-state index contributed by atoms with van der Waals surface area (Å²) >= 11 is 0. The van der Waals surface area contributed by atoms with E-state index in [1.807, 2.05) is 17.0 Å². The number of aliphatic hydroxyl groups is 1. The molecule has 176 valence electrons. The van der Waals surface area contributed by atoms with Crippen molar-refractivity contribution in [3.63, 3.8) is 0 Å². The van der Waals surface area contributed by atoms with Crippen LogP contribution in [0.2, 0.25) is 0 Å². The first-order chi connectivity index (χ1) is 16.2. The van der Waals surface area contributed by atoms with Crippen LogP contribution in [0.3, 0.4) is 0 Å². The van der Waals surface area contributed by atoms with Crippen molar-refractivity contribution in [3.05, 3.63) is 64.7 Å². The lowest BCUT2D eigenvalue weighted by Gasteiger charge is -2.34. The standard InChI is InChI=1S/C28H37N3O2/c32-26(19-30-14-12-22-8-4-5-9-24(22)18-30)20-31-15-13-23-16-25(10-11-27(23)28(31)33)29-17-21-6-2-1-3-7-21/h4-5,8-11,16,21,26,29,32H,1-3,6-7,12-15,17-20H2/t26-/m1/s1.